The lowest BCUT2D eigenvalue weighted by Crippen LogP contribution is -2.37. The van der Waals surface area contributed by atoms with Crippen LogP contribution in [0.25, 0.3) is 11.2 Å². The molecular weight excluding hydrogens is 367 g/mol. The number of fused-ring (bicyclic) bond motifs is 1. The van der Waals surface area contributed by atoms with Crippen LogP contribution in [0.2, 0.25) is 0 Å². The minimum atomic E-state index is -1.77. The summed E-state index contributed by atoms with van der Waals surface area (Å²) in [4.78, 5) is 25.7. The van der Waals surface area contributed by atoms with Gasteiger partial charge >= 0.3 is 0 Å². The average Bonchev–Trinajstić information content (AvgIpc) is 2.96. The number of alkyl halides is 3. The Morgan fingerprint density at radius 3 is 2.65 bits per heavy atom. The third kappa shape index (κ3) is 3.30. The number of nitrogens with zero attached hydrogens (tertiary/aromatic N) is 5. The molecule has 124 valence electrons. The second-order valence-electron chi connectivity index (χ2n) is 4.85. The van der Waals surface area contributed by atoms with E-state index in [1.165, 1.54) is 17.2 Å². The lowest BCUT2D eigenvalue weighted by Gasteiger charge is -2.28. The molecule has 0 aromatic carbocycles. The standard InChI is InChI=1S/C12H13Cl3N6O2/c13-12(14,15)11(19-7-22)21-6-18-8-9(16-5-17-10(8)21)20-1-3-23-4-2-20/h5-7,11H,1-4H2,(H,19,22)/t11-/m1/s1. The van der Waals surface area contributed by atoms with Crippen molar-refractivity contribution in [3.8, 4) is 0 Å². The molecule has 11 heteroatoms. The van der Waals surface area contributed by atoms with Crippen molar-refractivity contribution in [1.29, 1.82) is 0 Å². The van der Waals surface area contributed by atoms with Crippen molar-refractivity contribution < 1.29 is 9.53 Å². The molecule has 0 saturated carbocycles. The summed E-state index contributed by atoms with van der Waals surface area (Å²) in [6, 6.07) is 0. The first-order valence-corrected chi connectivity index (χ1v) is 7.92. The summed E-state index contributed by atoms with van der Waals surface area (Å²) in [5.41, 5.74) is 1.04. The van der Waals surface area contributed by atoms with E-state index in [0.29, 0.717) is 49.7 Å². The van der Waals surface area contributed by atoms with Crippen molar-refractivity contribution >= 4 is 58.2 Å². The van der Waals surface area contributed by atoms with Crippen LogP contribution in [0.15, 0.2) is 12.7 Å². The maximum Gasteiger partial charge on any atom is 0.229 e. The molecule has 23 heavy (non-hydrogen) atoms. The maximum atomic E-state index is 10.8. The Morgan fingerprint density at radius 2 is 2.00 bits per heavy atom. The number of amides is 1. The largest absolute Gasteiger partial charge is 0.378 e. The van der Waals surface area contributed by atoms with E-state index >= 15 is 0 Å². The fourth-order valence-electron chi connectivity index (χ4n) is 2.43. The third-order valence-corrected chi connectivity index (χ3v) is 4.08. The van der Waals surface area contributed by atoms with Crippen molar-refractivity contribution in [3.05, 3.63) is 12.7 Å². The highest BCUT2D eigenvalue weighted by Gasteiger charge is 2.35. The van der Waals surface area contributed by atoms with Crippen LogP contribution in [-0.2, 0) is 9.53 Å². The number of carbonyl (C=O) groups excluding carboxylic acids is 1. The van der Waals surface area contributed by atoms with Crippen LogP contribution < -0.4 is 10.2 Å². The van der Waals surface area contributed by atoms with E-state index in [0.717, 1.165) is 0 Å². The molecule has 1 aliphatic heterocycles. The zero-order valence-corrected chi connectivity index (χ0v) is 14.1. The van der Waals surface area contributed by atoms with Crippen molar-refractivity contribution in [2.24, 2.45) is 0 Å². The summed E-state index contributed by atoms with van der Waals surface area (Å²) >= 11 is 17.8. The summed E-state index contributed by atoms with van der Waals surface area (Å²) in [7, 11) is 0. The number of anilines is 1. The van der Waals surface area contributed by atoms with Gasteiger partial charge in [-0.3, -0.25) is 9.36 Å². The Bertz CT molecular complexity index is 698. The molecule has 1 amide bonds. The van der Waals surface area contributed by atoms with E-state index in [2.05, 4.69) is 25.2 Å². The normalized spacial score (nSPS) is 17.3. The molecule has 1 atom stereocenters. The lowest BCUT2D eigenvalue weighted by molar-refractivity contribution is -0.110. The van der Waals surface area contributed by atoms with Gasteiger partial charge in [0.15, 0.2) is 23.1 Å². The van der Waals surface area contributed by atoms with Crippen molar-refractivity contribution in [1.82, 2.24) is 24.8 Å². The fourth-order valence-corrected chi connectivity index (χ4v) is 2.94. The molecule has 3 rings (SSSR count). The Morgan fingerprint density at radius 1 is 1.26 bits per heavy atom. The van der Waals surface area contributed by atoms with Crippen LogP contribution in [0, 0.1) is 0 Å². The van der Waals surface area contributed by atoms with Gasteiger partial charge in [0.25, 0.3) is 0 Å². The number of aromatic nitrogens is 4. The van der Waals surface area contributed by atoms with E-state index in [-0.39, 0.29) is 0 Å². The molecule has 3 heterocycles. The van der Waals surface area contributed by atoms with Gasteiger partial charge in [-0.25, -0.2) is 15.0 Å². The van der Waals surface area contributed by atoms with Gasteiger partial charge in [-0.15, -0.1) is 0 Å². The summed E-state index contributed by atoms with van der Waals surface area (Å²) < 4.78 is 5.08. The Balaban J connectivity index is 2.05. The number of imidazole rings is 1. The monoisotopic (exact) mass is 378 g/mol. The number of hydrogen-bond acceptors (Lipinski definition) is 6. The van der Waals surface area contributed by atoms with Crippen LogP contribution in [0.3, 0.4) is 0 Å². The number of halogens is 3. The fraction of sp³-hybridized carbons (Fsp3) is 0.500. The number of hydrogen-bond donors (Lipinski definition) is 1. The van der Waals surface area contributed by atoms with Crippen molar-refractivity contribution in [2.75, 3.05) is 31.2 Å². The van der Waals surface area contributed by atoms with Crippen LogP contribution >= 0.6 is 34.8 Å². The predicted molar refractivity (Wildman–Crippen MR) is 86.9 cm³/mol. The summed E-state index contributed by atoms with van der Waals surface area (Å²) in [6.45, 7) is 2.66. The zero-order chi connectivity index (χ0) is 16.4. The van der Waals surface area contributed by atoms with Gasteiger partial charge in [0.05, 0.1) is 19.5 Å². The number of ether oxygens (including phenoxy) is 1. The molecule has 0 radical (unpaired) electrons. The van der Waals surface area contributed by atoms with Crippen molar-refractivity contribution in [2.45, 2.75) is 9.96 Å². The minimum absolute atomic E-state index is 0.461. The smallest absolute Gasteiger partial charge is 0.229 e. The molecule has 0 unspecified atom stereocenters. The third-order valence-electron chi connectivity index (χ3n) is 3.46. The molecule has 0 bridgehead atoms. The van der Waals surface area contributed by atoms with E-state index in [1.54, 1.807) is 0 Å². The van der Waals surface area contributed by atoms with Gasteiger partial charge in [0.2, 0.25) is 10.2 Å². The number of rotatable bonds is 4. The highest BCUT2D eigenvalue weighted by molar-refractivity contribution is 6.67. The van der Waals surface area contributed by atoms with E-state index < -0.39 is 9.96 Å². The Hall–Kier alpha value is -1.35. The lowest BCUT2D eigenvalue weighted by atomic mass is 10.3. The molecule has 1 N–H and O–H groups in total. The Kier molecular flexibility index (Phi) is 4.77. The zero-order valence-electron chi connectivity index (χ0n) is 11.8. The molecule has 1 saturated heterocycles. The van der Waals surface area contributed by atoms with Gasteiger partial charge in [0, 0.05) is 13.1 Å². The van der Waals surface area contributed by atoms with Gasteiger partial charge in [0.1, 0.15) is 6.33 Å². The minimum Gasteiger partial charge on any atom is -0.378 e. The quantitative estimate of drug-likeness (QED) is 0.636. The maximum absolute atomic E-state index is 10.8. The summed E-state index contributed by atoms with van der Waals surface area (Å²) in [5, 5.41) is 2.47. The van der Waals surface area contributed by atoms with Crippen LogP contribution in [0.4, 0.5) is 5.82 Å². The predicted octanol–water partition coefficient (Wildman–Crippen LogP) is 1.28. The Labute approximate surface area is 146 Å². The highest BCUT2D eigenvalue weighted by Crippen LogP contribution is 2.38. The van der Waals surface area contributed by atoms with Gasteiger partial charge in [-0.2, -0.15) is 0 Å². The SMILES string of the molecule is O=CN[C@H](n1cnc2c(N3CCOCC3)ncnc21)C(Cl)(Cl)Cl. The topological polar surface area (TPSA) is 85.2 Å². The molecule has 1 aliphatic rings. The van der Waals surface area contributed by atoms with Gasteiger partial charge < -0.3 is 15.0 Å². The second kappa shape index (κ2) is 6.64. The summed E-state index contributed by atoms with van der Waals surface area (Å²) in [5.74, 6) is 0.686. The molecule has 1 fully saturated rings. The molecule has 0 spiro atoms. The van der Waals surface area contributed by atoms with E-state index in [1.807, 2.05) is 0 Å². The molecule has 2 aromatic rings. The molecule has 2 aromatic heterocycles. The van der Waals surface area contributed by atoms with E-state index in [9.17, 15) is 4.79 Å². The van der Waals surface area contributed by atoms with Crippen LogP contribution in [-0.4, -0.2) is 56.0 Å². The van der Waals surface area contributed by atoms with Gasteiger partial charge in [-0.05, 0) is 0 Å². The highest BCUT2D eigenvalue weighted by atomic mass is 35.6. The number of carbonyl (C=O) groups is 1. The van der Waals surface area contributed by atoms with Crippen molar-refractivity contribution in [3.63, 3.8) is 0 Å². The first-order valence-electron chi connectivity index (χ1n) is 6.79. The van der Waals surface area contributed by atoms with Crippen LogP contribution in [0.1, 0.15) is 6.17 Å². The average molecular weight is 380 g/mol. The summed E-state index contributed by atoms with van der Waals surface area (Å²) in [6.07, 6.45) is 2.40. The second-order valence-corrected chi connectivity index (χ2v) is 7.22. The van der Waals surface area contributed by atoms with E-state index in [4.69, 9.17) is 39.5 Å². The molecule has 8 nitrogen and oxygen atoms in total. The molecule has 0 aliphatic carbocycles. The van der Waals surface area contributed by atoms with Gasteiger partial charge in [-0.1, -0.05) is 34.8 Å². The number of nitrogens with one attached hydrogen (secondary N) is 1. The first kappa shape index (κ1) is 16.5. The first-order chi connectivity index (χ1) is 11.0. The van der Waals surface area contributed by atoms with Crippen LogP contribution in [0.5, 0.6) is 0 Å². The number of morpholine rings is 1. The molecular formula is C12H13Cl3N6O2.